The standard InChI is InChI=1S/C16H24O3/c1-11-9-15(2,3)10-16(11,17)12-6-13(18-4)8-14(7-12)19-5/h6-8,11,17H,9-10H2,1-5H3. The molecule has 1 saturated carbocycles. The topological polar surface area (TPSA) is 38.7 Å². The maximum absolute atomic E-state index is 11.1. The summed E-state index contributed by atoms with van der Waals surface area (Å²) in [5.74, 6) is 1.67. The van der Waals surface area contributed by atoms with E-state index in [1.807, 2.05) is 18.2 Å². The van der Waals surface area contributed by atoms with E-state index in [4.69, 9.17) is 9.47 Å². The molecule has 1 aromatic carbocycles. The second-order valence-corrected chi connectivity index (χ2v) is 6.47. The van der Waals surface area contributed by atoms with Crippen molar-refractivity contribution in [1.82, 2.24) is 0 Å². The van der Waals surface area contributed by atoms with Crippen LogP contribution in [-0.2, 0) is 5.60 Å². The van der Waals surface area contributed by atoms with Gasteiger partial charge in [-0.25, -0.2) is 0 Å². The molecule has 0 saturated heterocycles. The molecule has 0 aliphatic heterocycles. The fourth-order valence-electron chi connectivity index (χ4n) is 3.42. The van der Waals surface area contributed by atoms with Crippen LogP contribution < -0.4 is 9.47 Å². The van der Waals surface area contributed by atoms with Crippen molar-refractivity contribution in [3.63, 3.8) is 0 Å². The summed E-state index contributed by atoms with van der Waals surface area (Å²) in [6, 6.07) is 5.67. The van der Waals surface area contributed by atoms with E-state index in [-0.39, 0.29) is 11.3 Å². The first-order valence-corrected chi connectivity index (χ1v) is 6.77. The van der Waals surface area contributed by atoms with Crippen molar-refractivity contribution in [2.24, 2.45) is 11.3 Å². The van der Waals surface area contributed by atoms with E-state index >= 15 is 0 Å². The van der Waals surface area contributed by atoms with Crippen LogP contribution in [0.5, 0.6) is 11.5 Å². The van der Waals surface area contributed by atoms with E-state index in [2.05, 4.69) is 20.8 Å². The number of methoxy groups -OCH3 is 2. The van der Waals surface area contributed by atoms with Gasteiger partial charge in [-0.1, -0.05) is 20.8 Å². The van der Waals surface area contributed by atoms with Crippen LogP contribution in [-0.4, -0.2) is 19.3 Å². The van der Waals surface area contributed by atoms with Gasteiger partial charge in [0, 0.05) is 6.07 Å². The number of hydrogen-bond acceptors (Lipinski definition) is 3. The summed E-state index contributed by atoms with van der Waals surface area (Å²) in [5, 5.41) is 11.1. The smallest absolute Gasteiger partial charge is 0.122 e. The van der Waals surface area contributed by atoms with Gasteiger partial charge in [0.05, 0.1) is 19.8 Å². The van der Waals surface area contributed by atoms with Crippen LogP contribution in [0, 0.1) is 11.3 Å². The highest BCUT2D eigenvalue weighted by atomic mass is 16.5. The molecule has 0 aromatic heterocycles. The minimum atomic E-state index is -0.800. The number of benzene rings is 1. The highest BCUT2D eigenvalue weighted by Gasteiger charge is 2.48. The summed E-state index contributed by atoms with van der Waals surface area (Å²) < 4.78 is 10.6. The van der Waals surface area contributed by atoms with E-state index in [0.717, 1.165) is 29.9 Å². The van der Waals surface area contributed by atoms with Gasteiger partial charge in [-0.05, 0) is 41.9 Å². The van der Waals surface area contributed by atoms with E-state index in [0.29, 0.717) is 0 Å². The molecule has 0 heterocycles. The molecule has 1 aliphatic carbocycles. The highest BCUT2D eigenvalue weighted by Crippen LogP contribution is 2.53. The Hall–Kier alpha value is -1.22. The summed E-state index contributed by atoms with van der Waals surface area (Å²) >= 11 is 0. The molecule has 3 heteroatoms. The van der Waals surface area contributed by atoms with Crippen molar-refractivity contribution >= 4 is 0 Å². The van der Waals surface area contributed by atoms with Crippen LogP contribution in [0.25, 0.3) is 0 Å². The molecule has 3 nitrogen and oxygen atoms in total. The van der Waals surface area contributed by atoms with Crippen molar-refractivity contribution in [3.05, 3.63) is 23.8 Å². The lowest BCUT2D eigenvalue weighted by molar-refractivity contribution is -0.00119. The van der Waals surface area contributed by atoms with Gasteiger partial charge in [0.1, 0.15) is 11.5 Å². The second-order valence-electron chi connectivity index (χ2n) is 6.47. The number of hydrogen-bond donors (Lipinski definition) is 1. The highest BCUT2D eigenvalue weighted by molar-refractivity contribution is 5.42. The van der Waals surface area contributed by atoms with Crippen molar-refractivity contribution in [1.29, 1.82) is 0 Å². The molecular weight excluding hydrogens is 240 g/mol. The quantitative estimate of drug-likeness (QED) is 0.910. The minimum Gasteiger partial charge on any atom is -0.497 e. The molecule has 2 atom stereocenters. The monoisotopic (exact) mass is 264 g/mol. The Balaban J connectivity index is 2.46. The van der Waals surface area contributed by atoms with Gasteiger partial charge in [0.2, 0.25) is 0 Å². The molecule has 0 amide bonds. The Kier molecular flexibility index (Phi) is 3.52. The Morgan fingerprint density at radius 2 is 1.63 bits per heavy atom. The lowest BCUT2D eigenvalue weighted by Crippen LogP contribution is -2.29. The minimum absolute atomic E-state index is 0.157. The normalized spacial score (nSPS) is 29.3. The summed E-state index contributed by atoms with van der Waals surface area (Å²) in [6.45, 7) is 6.53. The van der Waals surface area contributed by atoms with Crippen molar-refractivity contribution < 1.29 is 14.6 Å². The third-order valence-electron chi connectivity index (χ3n) is 4.27. The first-order chi connectivity index (χ1) is 8.80. The van der Waals surface area contributed by atoms with Gasteiger partial charge in [0.15, 0.2) is 0 Å². The zero-order valence-electron chi connectivity index (χ0n) is 12.5. The van der Waals surface area contributed by atoms with Crippen molar-refractivity contribution in [2.75, 3.05) is 14.2 Å². The molecule has 1 aliphatic rings. The molecular formula is C16H24O3. The van der Waals surface area contributed by atoms with E-state index in [1.54, 1.807) is 14.2 Å². The van der Waals surface area contributed by atoms with Gasteiger partial charge < -0.3 is 14.6 Å². The lowest BCUT2D eigenvalue weighted by Gasteiger charge is -2.29. The van der Waals surface area contributed by atoms with E-state index < -0.39 is 5.60 Å². The Bertz CT molecular complexity index is 445. The van der Waals surface area contributed by atoms with Crippen LogP contribution in [0.15, 0.2) is 18.2 Å². The average molecular weight is 264 g/mol. The Morgan fingerprint density at radius 1 is 1.11 bits per heavy atom. The van der Waals surface area contributed by atoms with Crippen LogP contribution in [0.3, 0.4) is 0 Å². The number of aliphatic hydroxyl groups is 1. The van der Waals surface area contributed by atoms with E-state index in [1.165, 1.54) is 0 Å². The predicted octanol–water partition coefficient (Wildman–Crippen LogP) is 3.35. The number of rotatable bonds is 3. The molecule has 2 rings (SSSR count). The molecule has 0 bridgehead atoms. The van der Waals surface area contributed by atoms with Crippen LogP contribution >= 0.6 is 0 Å². The molecule has 106 valence electrons. The van der Waals surface area contributed by atoms with Crippen LogP contribution in [0.4, 0.5) is 0 Å². The Morgan fingerprint density at radius 3 is 2.00 bits per heavy atom. The van der Waals surface area contributed by atoms with Gasteiger partial charge in [0.25, 0.3) is 0 Å². The molecule has 2 unspecified atom stereocenters. The summed E-state index contributed by atoms with van der Waals surface area (Å²) in [6.07, 6.45) is 1.78. The zero-order chi connectivity index (χ0) is 14.3. The fourth-order valence-corrected chi connectivity index (χ4v) is 3.42. The lowest BCUT2D eigenvalue weighted by atomic mass is 9.83. The van der Waals surface area contributed by atoms with Crippen molar-refractivity contribution in [2.45, 2.75) is 39.2 Å². The summed E-state index contributed by atoms with van der Waals surface area (Å²) in [7, 11) is 3.26. The predicted molar refractivity (Wildman–Crippen MR) is 75.6 cm³/mol. The molecule has 0 radical (unpaired) electrons. The zero-order valence-corrected chi connectivity index (χ0v) is 12.5. The maximum atomic E-state index is 11.1. The maximum Gasteiger partial charge on any atom is 0.122 e. The van der Waals surface area contributed by atoms with Gasteiger partial charge in [-0.3, -0.25) is 0 Å². The van der Waals surface area contributed by atoms with Gasteiger partial charge in [-0.15, -0.1) is 0 Å². The second kappa shape index (κ2) is 4.71. The van der Waals surface area contributed by atoms with Gasteiger partial charge in [-0.2, -0.15) is 0 Å². The molecule has 0 spiro atoms. The van der Waals surface area contributed by atoms with Crippen molar-refractivity contribution in [3.8, 4) is 11.5 Å². The molecule has 1 aromatic rings. The third kappa shape index (κ3) is 2.57. The largest absolute Gasteiger partial charge is 0.497 e. The molecule has 1 N–H and O–H groups in total. The average Bonchev–Trinajstić information content (AvgIpc) is 2.58. The SMILES string of the molecule is COc1cc(OC)cc(C2(O)CC(C)(C)CC2C)c1. The van der Waals surface area contributed by atoms with E-state index in [9.17, 15) is 5.11 Å². The Labute approximate surface area is 115 Å². The first kappa shape index (κ1) is 14.2. The van der Waals surface area contributed by atoms with Gasteiger partial charge >= 0.3 is 0 Å². The third-order valence-corrected chi connectivity index (χ3v) is 4.27. The summed E-state index contributed by atoms with van der Waals surface area (Å²) in [5.41, 5.74) is 0.247. The molecule has 1 fully saturated rings. The fraction of sp³-hybridized carbons (Fsp3) is 0.625. The molecule has 19 heavy (non-hydrogen) atoms. The first-order valence-electron chi connectivity index (χ1n) is 6.77. The van der Waals surface area contributed by atoms with Crippen LogP contribution in [0.1, 0.15) is 39.2 Å². The summed E-state index contributed by atoms with van der Waals surface area (Å²) in [4.78, 5) is 0. The van der Waals surface area contributed by atoms with Crippen LogP contribution in [0.2, 0.25) is 0 Å². The number of ether oxygens (including phenoxy) is 2.